The largest absolute Gasteiger partial charge is 0.490 e. The fourth-order valence-electron chi connectivity index (χ4n) is 5.25. The van der Waals surface area contributed by atoms with Gasteiger partial charge in [-0.15, -0.1) is 0 Å². The molecular weight excluding hydrogens is 661 g/mol. The number of nitrogens with zero attached hydrogens (tertiary/aromatic N) is 3. The van der Waals surface area contributed by atoms with Crippen molar-refractivity contribution in [2.45, 2.75) is 57.2 Å². The number of aromatic nitrogens is 1. The van der Waals surface area contributed by atoms with Gasteiger partial charge < -0.3 is 29.9 Å². The standard InChI is InChI=1S/C22H33N3O.3C2HF3O2/c1-2-20(10-23-8-1)14-26-15-21-13-25(12-19-5-6-19)17-22(21)7-9-24(16-22)11-18-3-4-18;3*3-2(4,5)1(6)7/h1-2,8,10,18-19,21H,3-7,9,11-17H2;3*(H,6,7)/t21-,22-;;;/m0.../s1. The Morgan fingerprint density at radius 3 is 1.66 bits per heavy atom. The van der Waals surface area contributed by atoms with Crippen LogP contribution >= 0.6 is 0 Å². The molecule has 0 unspecified atom stereocenters. The van der Waals surface area contributed by atoms with Crippen molar-refractivity contribution in [3.8, 4) is 0 Å². The van der Waals surface area contributed by atoms with E-state index in [1.807, 2.05) is 18.5 Å². The minimum absolute atomic E-state index is 0.485. The smallest absolute Gasteiger partial charge is 0.475 e. The Labute approximate surface area is 263 Å². The van der Waals surface area contributed by atoms with E-state index < -0.39 is 36.4 Å². The molecule has 4 fully saturated rings. The first-order chi connectivity index (χ1) is 21.6. The first-order valence-corrected chi connectivity index (χ1v) is 14.4. The lowest BCUT2D eigenvalue weighted by molar-refractivity contribution is -0.193. The molecule has 3 heterocycles. The highest BCUT2D eigenvalue weighted by Crippen LogP contribution is 2.46. The number of halogens is 9. The van der Waals surface area contributed by atoms with Crippen LogP contribution < -0.4 is 0 Å². The number of carbonyl (C=O) groups is 3. The average molecular weight is 698 g/mol. The number of hydrogen-bond acceptors (Lipinski definition) is 7. The molecule has 2 atom stereocenters. The Kier molecular flexibility index (Phi) is 14.3. The number of hydrogen-bond donors (Lipinski definition) is 3. The molecule has 2 saturated heterocycles. The van der Waals surface area contributed by atoms with Crippen molar-refractivity contribution in [3.05, 3.63) is 30.1 Å². The van der Waals surface area contributed by atoms with Gasteiger partial charge in [-0.05, 0) is 62.1 Å². The van der Waals surface area contributed by atoms with Crippen LogP contribution in [-0.2, 0) is 25.7 Å². The van der Waals surface area contributed by atoms with Crippen LogP contribution in [0.1, 0.15) is 37.7 Å². The van der Waals surface area contributed by atoms with Gasteiger partial charge in [0.1, 0.15) is 0 Å². The SMILES string of the molecule is O=C(O)C(F)(F)F.O=C(O)C(F)(F)F.O=C(O)C(F)(F)F.c1cncc(COC[C@@H]2CN(CC3CC3)C[C@@]23CCN(CC2CC2)C3)c1. The summed E-state index contributed by atoms with van der Waals surface area (Å²) in [6.45, 7) is 9.49. The number of likely N-dealkylation sites (tertiary alicyclic amines) is 2. The van der Waals surface area contributed by atoms with Gasteiger partial charge in [0.05, 0.1) is 13.2 Å². The number of ether oxygens (including phenoxy) is 1. The molecular formula is C28H36F9N3O7. The molecule has 268 valence electrons. The van der Waals surface area contributed by atoms with Crippen molar-refractivity contribution >= 4 is 17.9 Å². The van der Waals surface area contributed by atoms with E-state index in [2.05, 4.69) is 20.9 Å². The minimum atomic E-state index is -5.08. The maximum absolute atomic E-state index is 10.6. The van der Waals surface area contributed by atoms with Crippen LogP contribution in [0.4, 0.5) is 39.5 Å². The van der Waals surface area contributed by atoms with E-state index in [0.29, 0.717) is 17.9 Å². The Hall–Kier alpha value is -3.19. The number of alkyl halides is 9. The van der Waals surface area contributed by atoms with Crippen LogP contribution in [0.3, 0.4) is 0 Å². The van der Waals surface area contributed by atoms with E-state index in [0.717, 1.165) is 18.4 Å². The number of carboxylic acid groups (broad SMARTS) is 3. The summed E-state index contributed by atoms with van der Waals surface area (Å²) in [5.74, 6) is -5.57. The molecule has 2 aliphatic heterocycles. The molecule has 4 aliphatic rings. The minimum Gasteiger partial charge on any atom is -0.475 e. The van der Waals surface area contributed by atoms with Crippen LogP contribution in [0.25, 0.3) is 0 Å². The van der Waals surface area contributed by atoms with E-state index in [1.54, 1.807) is 0 Å². The fraction of sp³-hybridized carbons (Fsp3) is 0.714. The third kappa shape index (κ3) is 15.1. The summed E-state index contributed by atoms with van der Waals surface area (Å²) in [6, 6.07) is 4.11. The predicted octanol–water partition coefficient (Wildman–Crippen LogP) is 4.94. The lowest BCUT2D eigenvalue weighted by atomic mass is 9.77. The molecule has 10 nitrogen and oxygen atoms in total. The summed E-state index contributed by atoms with van der Waals surface area (Å²) in [6.07, 6.45) is -4.26. The maximum atomic E-state index is 10.6. The van der Waals surface area contributed by atoms with Crippen LogP contribution in [0.2, 0.25) is 0 Å². The molecule has 0 aromatic carbocycles. The molecule has 0 amide bonds. The van der Waals surface area contributed by atoms with Crippen molar-refractivity contribution in [1.82, 2.24) is 14.8 Å². The molecule has 5 rings (SSSR count). The summed E-state index contributed by atoms with van der Waals surface area (Å²) in [5.41, 5.74) is 1.68. The zero-order valence-electron chi connectivity index (χ0n) is 25.0. The Balaban J connectivity index is 0.000000301. The molecule has 19 heteroatoms. The van der Waals surface area contributed by atoms with Crippen LogP contribution in [-0.4, -0.2) is 112 Å². The summed E-state index contributed by atoms with van der Waals surface area (Å²) in [4.78, 5) is 36.4. The highest BCUT2D eigenvalue weighted by atomic mass is 19.4. The highest BCUT2D eigenvalue weighted by Gasteiger charge is 2.51. The fourth-order valence-corrected chi connectivity index (χ4v) is 5.25. The number of rotatable bonds is 8. The van der Waals surface area contributed by atoms with E-state index in [-0.39, 0.29) is 0 Å². The Morgan fingerprint density at radius 1 is 0.809 bits per heavy atom. The lowest BCUT2D eigenvalue weighted by Gasteiger charge is -2.30. The van der Waals surface area contributed by atoms with Crippen molar-refractivity contribution in [1.29, 1.82) is 0 Å². The van der Waals surface area contributed by atoms with Gasteiger partial charge in [0.2, 0.25) is 0 Å². The molecule has 0 radical (unpaired) electrons. The third-order valence-corrected chi connectivity index (χ3v) is 7.81. The van der Waals surface area contributed by atoms with Gasteiger partial charge in [-0.2, -0.15) is 39.5 Å². The highest BCUT2D eigenvalue weighted by molar-refractivity contribution is 5.73. The Morgan fingerprint density at radius 2 is 1.26 bits per heavy atom. The maximum Gasteiger partial charge on any atom is 0.490 e. The first-order valence-electron chi connectivity index (χ1n) is 14.4. The van der Waals surface area contributed by atoms with Gasteiger partial charge >= 0.3 is 36.4 Å². The topological polar surface area (TPSA) is 140 Å². The molecule has 2 aliphatic carbocycles. The van der Waals surface area contributed by atoms with Gasteiger partial charge in [-0.3, -0.25) is 4.98 Å². The van der Waals surface area contributed by atoms with Crippen molar-refractivity contribution in [3.63, 3.8) is 0 Å². The first kappa shape index (κ1) is 40.0. The predicted molar refractivity (Wildman–Crippen MR) is 144 cm³/mol. The molecule has 2 saturated carbocycles. The lowest BCUT2D eigenvalue weighted by Crippen LogP contribution is -2.37. The van der Waals surface area contributed by atoms with Crippen molar-refractivity contribution in [2.75, 3.05) is 45.9 Å². The second kappa shape index (κ2) is 16.8. The van der Waals surface area contributed by atoms with E-state index in [1.165, 1.54) is 76.9 Å². The van der Waals surface area contributed by atoms with Crippen molar-refractivity contribution < 1.29 is 74.0 Å². The van der Waals surface area contributed by atoms with E-state index in [9.17, 15) is 39.5 Å². The second-order valence-electron chi connectivity index (χ2n) is 11.9. The molecule has 1 aromatic rings. The molecule has 3 N–H and O–H groups in total. The molecule has 1 spiro atoms. The normalized spacial score (nSPS) is 23.1. The van der Waals surface area contributed by atoms with Crippen LogP contribution in [0, 0.1) is 23.2 Å². The Bertz CT molecular complexity index is 1100. The van der Waals surface area contributed by atoms with Gasteiger partial charge in [0.15, 0.2) is 0 Å². The number of aliphatic carboxylic acids is 3. The number of carboxylic acids is 3. The van der Waals surface area contributed by atoms with Gasteiger partial charge in [-0.1, -0.05) is 6.07 Å². The molecule has 0 bridgehead atoms. The summed E-state index contributed by atoms with van der Waals surface area (Å²) >= 11 is 0. The summed E-state index contributed by atoms with van der Waals surface area (Å²) < 4.78 is 101. The van der Waals surface area contributed by atoms with Gasteiger partial charge in [0, 0.05) is 56.5 Å². The molecule has 1 aromatic heterocycles. The van der Waals surface area contributed by atoms with Crippen LogP contribution in [0.5, 0.6) is 0 Å². The number of pyridine rings is 1. The quantitative estimate of drug-likeness (QED) is 0.320. The van der Waals surface area contributed by atoms with Crippen molar-refractivity contribution in [2.24, 2.45) is 23.2 Å². The summed E-state index contributed by atoms with van der Waals surface area (Å²) in [7, 11) is 0. The second-order valence-corrected chi connectivity index (χ2v) is 11.9. The average Bonchev–Trinajstić information content (AvgIpc) is 3.87. The van der Waals surface area contributed by atoms with Crippen LogP contribution in [0.15, 0.2) is 24.5 Å². The third-order valence-electron chi connectivity index (χ3n) is 7.81. The van der Waals surface area contributed by atoms with Gasteiger partial charge in [0.25, 0.3) is 0 Å². The van der Waals surface area contributed by atoms with E-state index in [4.69, 9.17) is 34.4 Å². The zero-order valence-corrected chi connectivity index (χ0v) is 25.0. The zero-order chi connectivity index (χ0) is 35.6. The monoisotopic (exact) mass is 697 g/mol. The molecule has 47 heavy (non-hydrogen) atoms. The van der Waals surface area contributed by atoms with E-state index >= 15 is 0 Å². The summed E-state index contributed by atoms with van der Waals surface area (Å²) in [5, 5.41) is 21.4. The van der Waals surface area contributed by atoms with Gasteiger partial charge in [-0.25, -0.2) is 14.4 Å².